The van der Waals surface area contributed by atoms with Crippen LogP contribution in [0.15, 0.2) is 24.3 Å². The third kappa shape index (κ3) is 3.96. The Morgan fingerprint density at radius 1 is 1.20 bits per heavy atom. The van der Waals surface area contributed by atoms with Crippen molar-refractivity contribution in [1.82, 2.24) is 0 Å². The van der Waals surface area contributed by atoms with Crippen LogP contribution in [-0.2, 0) is 16.0 Å². The molecule has 110 valence electrons. The van der Waals surface area contributed by atoms with Gasteiger partial charge in [-0.3, -0.25) is 4.79 Å². The molecule has 0 unspecified atom stereocenters. The first-order chi connectivity index (χ1) is 9.66. The molecular formula is C17H23IO2. The number of hydrogen-bond donors (Lipinski definition) is 0. The van der Waals surface area contributed by atoms with Crippen molar-refractivity contribution in [2.24, 2.45) is 5.41 Å². The van der Waals surface area contributed by atoms with E-state index in [1.54, 1.807) is 0 Å². The third-order valence-corrected chi connectivity index (χ3v) is 5.04. The van der Waals surface area contributed by atoms with E-state index in [1.165, 1.54) is 15.6 Å². The van der Waals surface area contributed by atoms with E-state index in [-0.39, 0.29) is 11.4 Å². The maximum atomic E-state index is 12.4. The molecule has 0 radical (unpaired) electrons. The third-order valence-electron chi connectivity index (χ3n) is 4.32. The van der Waals surface area contributed by atoms with E-state index in [1.807, 2.05) is 6.92 Å². The number of rotatable bonds is 5. The van der Waals surface area contributed by atoms with Gasteiger partial charge in [-0.1, -0.05) is 31.4 Å². The van der Waals surface area contributed by atoms with Crippen LogP contribution in [0.1, 0.15) is 51.0 Å². The number of ether oxygens (including phenoxy) is 1. The van der Waals surface area contributed by atoms with E-state index in [2.05, 4.69) is 46.9 Å². The van der Waals surface area contributed by atoms with E-state index < -0.39 is 0 Å². The van der Waals surface area contributed by atoms with Crippen LogP contribution in [0.2, 0.25) is 0 Å². The van der Waals surface area contributed by atoms with Gasteiger partial charge in [-0.05, 0) is 72.9 Å². The second kappa shape index (κ2) is 7.43. The van der Waals surface area contributed by atoms with Gasteiger partial charge in [-0.2, -0.15) is 0 Å². The van der Waals surface area contributed by atoms with Crippen molar-refractivity contribution in [2.45, 2.75) is 51.9 Å². The van der Waals surface area contributed by atoms with Gasteiger partial charge in [0.05, 0.1) is 12.0 Å². The second-order valence-corrected chi connectivity index (χ2v) is 6.93. The number of halogens is 1. The van der Waals surface area contributed by atoms with E-state index in [4.69, 9.17) is 4.74 Å². The van der Waals surface area contributed by atoms with Crippen LogP contribution in [0, 0.1) is 8.99 Å². The van der Waals surface area contributed by atoms with Gasteiger partial charge in [0.15, 0.2) is 0 Å². The minimum atomic E-state index is -0.225. The highest BCUT2D eigenvalue weighted by atomic mass is 127. The molecule has 20 heavy (non-hydrogen) atoms. The minimum absolute atomic E-state index is 0.0326. The zero-order valence-electron chi connectivity index (χ0n) is 12.2. The first-order valence-electron chi connectivity index (χ1n) is 7.58. The summed E-state index contributed by atoms with van der Waals surface area (Å²) >= 11 is 2.32. The molecule has 1 aromatic rings. The molecule has 0 aromatic heterocycles. The molecule has 3 heteroatoms. The Morgan fingerprint density at radius 2 is 1.85 bits per heavy atom. The maximum absolute atomic E-state index is 12.4. The molecule has 0 bridgehead atoms. The normalized spacial score (nSPS) is 17.7. The summed E-state index contributed by atoms with van der Waals surface area (Å²) in [7, 11) is 0. The van der Waals surface area contributed by atoms with Gasteiger partial charge in [0.25, 0.3) is 0 Å². The van der Waals surface area contributed by atoms with E-state index in [9.17, 15) is 4.79 Å². The maximum Gasteiger partial charge on any atom is 0.312 e. The molecule has 1 aliphatic rings. The van der Waals surface area contributed by atoms with Gasteiger partial charge in [-0.15, -0.1) is 0 Å². The van der Waals surface area contributed by atoms with Gasteiger partial charge in [0.2, 0.25) is 0 Å². The standard InChI is InChI=1S/C17H23IO2/c1-2-20-16(19)17(11-4-3-5-12-17)13-10-14-6-8-15(18)9-7-14/h6-9H,2-5,10-13H2,1H3. The summed E-state index contributed by atoms with van der Waals surface area (Å²) in [4.78, 5) is 12.4. The lowest BCUT2D eigenvalue weighted by Crippen LogP contribution is -2.35. The van der Waals surface area contributed by atoms with Crippen LogP contribution in [-0.4, -0.2) is 12.6 Å². The van der Waals surface area contributed by atoms with Crippen LogP contribution in [0.3, 0.4) is 0 Å². The molecule has 0 N–H and O–H groups in total. The number of hydrogen-bond acceptors (Lipinski definition) is 2. The van der Waals surface area contributed by atoms with Gasteiger partial charge in [-0.25, -0.2) is 0 Å². The summed E-state index contributed by atoms with van der Waals surface area (Å²) in [6.45, 7) is 2.39. The number of carbonyl (C=O) groups is 1. The fourth-order valence-electron chi connectivity index (χ4n) is 3.10. The largest absolute Gasteiger partial charge is 0.466 e. The highest BCUT2D eigenvalue weighted by Crippen LogP contribution is 2.41. The number of esters is 1. The van der Waals surface area contributed by atoms with Crippen molar-refractivity contribution < 1.29 is 9.53 Å². The van der Waals surface area contributed by atoms with Crippen LogP contribution in [0.5, 0.6) is 0 Å². The van der Waals surface area contributed by atoms with Crippen molar-refractivity contribution in [3.63, 3.8) is 0 Å². The molecule has 0 spiro atoms. The van der Waals surface area contributed by atoms with Gasteiger partial charge >= 0.3 is 5.97 Å². The van der Waals surface area contributed by atoms with E-state index in [0.29, 0.717) is 6.61 Å². The highest BCUT2D eigenvalue weighted by molar-refractivity contribution is 14.1. The molecule has 1 fully saturated rings. The summed E-state index contributed by atoms with van der Waals surface area (Å²) in [6.07, 6.45) is 7.45. The first-order valence-corrected chi connectivity index (χ1v) is 8.66. The second-order valence-electron chi connectivity index (χ2n) is 5.69. The van der Waals surface area contributed by atoms with Crippen LogP contribution in [0.4, 0.5) is 0 Å². The van der Waals surface area contributed by atoms with Crippen molar-refractivity contribution >= 4 is 28.6 Å². The molecule has 0 saturated heterocycles. The average Bonchev–Trinajstić information content (AvgIpc) is 2.48. The predicted molar refractivity (Wildman–Crippen MR) is 89.6 cm³/mol. The van der Waals surface area contributed by atoms with Crippen LogP contribution in [0.25, 0.3) is 0 Å². The van der Waals surface area contributed by atoms with Gasteiger partial charge in [0.1, 0.15) is 0 Å². The van der Waals surface area contributed by atoms with E-state index >= 15 is 0 Å². The quantitative estimate of drug-likeness (QED) is 0.540. The molecule has 0 atom stereocenters. The molecule has 1 aromatic carbocycles. The molecule has 1 aliphatic carbocycles. The SMILES string of the molecule is CCOC(=O)C1(CCc2ccc(I)cc2)CCCCC1. The molecule has 2 rings (SSSR count). The lowest BCUT2D eigenvalue weighted by atomic mass is 9.70. The summed E-state index contributed by atoms with van der Waals surface area (Å²) < 4.78 is 6.61. The van der Waals surface area contributed by atoms with Gasteiger partial charge in [0, 0.05) is 3.57 Å². The number of aryl methyl sites for hydroxylation is 1. The Bertz CT molecular complexity index is 433. The summed E-state index contributed by atoms with van der Waals surface area (Å²) in [5.41, 5.74) is 1.09. The lowest BCUT2D eigenvalue weighted by Gasteiger charge is -2.35. The summed E-state index contributed by atoms with van der Waals surface area (Å²) in [5.74, 6) is 0.0326. The molecule has 2 nitrogen and oxygen atoms in total. The van der Waals surface area contributed by atoms with Gasteiger partial charge < -0.3 is 4.74 Å². The van der Waals surface area contributed by atoms with Crippen molar-refractivity contribution in [3.05, 3.63) is 33.4 Å². The van der Waals surface area contributed by atoms with Crippen molar-refractivity contribution in [3.8, 4) is 0 Å². The van der Waals surface area contributed by atoms with Crippen molar-refractivity contribution in [2.75, 3.05) is 6.61 Å². The molecule has 1 saturated carbocycles. The Kier molecular flexibility index (Phi) is 5.87. The van der Waals surface area contributed by atoms with Crippen LogP contribution < -0.4 is 0 Å². The topological polar surface area (TPSA) is 26.3 Å². The Labute approximate surface area is 135 Å². The summed E-state index contributed by atoms with van der Waals surface area (Å²) in [6, 6.07) is 8.61. The zero-order chi connectivity index (χ0) is 14.4. The van der Waals surface area contributed by atoms with Crippen LogP contribution >= 0.6 is 22.6 Å². The zero-order valence-corrected chi connectivity index (χ0v) is 14.3. The monoisotopic (exact) mass is 386 g/mol. The predicted octanol–water partition coefficient (Wildman–Crippen LogP) is 4.74. The fraction of sp³-hybridized carbons (Fsp3) is 0.588. The molecule has 0 amide bonds. The Morgan fingerprint density at radius 3 is 2.45 bits per heavy atom. The fourth-order valence-corrected chi connectivity index (χ4v) is 3.46. The molecular weight excluding hydrogens is 363 g/mol. The number of carbonyl (C=O) groups excluding carboxylic acids is 1. The Hall–Kier alpha value is -0.580. The minimum Gasteiger partial charge on any atom is -0.466 e. The average molecular weight is 386 g/mol. The lowest BCUT2D eigenvalue weighted by molar-refractivity contribution is -0.158. The highest BCUT2D eigenvalue weighted by Gasteiger charge is 2.40. The number of benzene rings is 1. The first kappa shape index (κ1) is 15.8. The summed E-state index contributed by atoms with van der Waals surface area (Å²) in [5, 5.41) is 0. The molecule has 0 heterocycles. The Balaban J connectivity index is 2.03. The van der Waals surface area contributed by atoms with E-state index in [0.717, 1.165) is 38.5 Å². The smallest absolute Gasteiger partial charge is 0.312 e. The molecule has 0 aliphatic heterocycles. The van der Waals surface area contributed by atoms with Crippen molar-refractivity contribution in [1.29, 1.82) is 0 Å².